The van der Waals surface area contributed by atoms with Gasteiger partial charge < -0.3 is 10.0 Å². The Morgan fingerprint density at radius 1 is 1.12 bits per heavy atom. The topological polar surface area (TPSA) is 87.9 Å². The van der Waals surface area contributed by atoms with Crippen molar-refractivity contribution in [1.29, 1.82) is 0 Å². The van der Waals surface area contributed by atoms with E-state index in [-0.39, 0.29) is 6.10 Å². The third-order valence-electron chi connectivity index (χ3n) is 4.21. The molecule has 0 amide bonds. The first kappa shape index (κ1) is 15.6. The minimum absolute atomic E-state index is 0.319. The summed E-state index contributed by atoms with van der Waals surface area (Å²) in [4.78, 5) is 24.1. The second-order valence-electron chi connectivity index (χ2n) is 6.05. The number of aryl methyl sites for hydroxylation is 1. The summed E-state index contributed by atoms with van der Waals surface area (Å²) in [6.07, 6.45) is 7.46. The molecular weight excluding hydrogens is 316 g/mol. The molecule has 0 spiro atoms. The lowest BCUT2D eigenvalue weighted by molar-refractivity contribution is 0.198. The predicted octanol–water partition coefficient (Wildman–Crippen LogP) is 1.88. The van der Waals surface area contributed by atoms with Crippen LogP contribution >= 0.6 is 0 Å². The quantitative estimate of drug-likeness (QED) is 0.782. The molecule has 4 rings (SSSR count). The maximum Gasteiger partial charge on any atom is 0.225 e. The molecule has 0 unspecified atom stereocenters. The van der Waals surface area contributed by atoms with Crippen molar-refractivity contribution < 1.29 is 5.11 Å². The van der Waals surface area contributed by atoms with E-state index in [0.717, 1.165) is 35.5 Å². The van der Waals surface area contributed by atoms with Gasteiger partial charge in [-0.25, -0.2) is 19.9 Å². The van der Waals surface area contributed by atoms with Crippen molar-refractivity contribution >= 4 is 5.95 Å². The molecule has 1 N–H and O–H groups in total. The summed E-state index contributed by atoms with van der Waals surface area (Å²) < 4.78 is 0. The van der Waals surface area contributed by atoms with Crippen molar-refractivity contribution in [3.8, 4) is 22.5 Å². The van der Waals surface area contributed by atoms with Crippen LogP contribution in [0.25, 0.3) is 22.5 Å². The average molecular weight is 334 g/mol. The van der Waals surface area contributed by atoms with E-state index < -0.39 is 0 Å². The zero-order valence-electron chi connectivity index (χ0n) is 13.9. The van der Waals surface area contributed by atoms with Crippen LogP contribution in [-0.4, -0.2) is 49.2 Å². The summed E-state index contributed by atoms with van der Waals surface area (Å²) in [5.74, 6) is 1.31. The van der Waals surface area contributed by atoms with Crippen LogP contribution in [0.5, 0.6) is 0 Å². The second-order valence-corrected chi connectivity index (χ2v) is 6.05. The summed E-state index contributed by atoms with van der Waals surface area (Å²) in [7, 11) is 0. The van der Waals surface area contributed by atoms with E-state index in [2.05, 4.69) is 24.9 Å². The van der Waals surface area contributed by atoms with Crippen LogP contribution in [-0.2, 0) is 0 Å². The van der Waals surface area contributed by atoms with Crippen LogP contribution in [0, 0.1) is 6.92 Å². The highest BCUT2D eigenvalue weighted by molar-refractivity contribution is 5.78. The summed E-state index contributed by atoms with van der Waals surface area (Å²) in [5, 5.41) is 9.75. The molecule has 0 radical (unpaired) electrons. The molecule has 126 valence electrons. The SMILES string of the molecule is Cc1ncc(-c2ccnc(N3CC[C@H](O)C3)n2)c(-c2cccnc2)n1. The van der Waals surface area contributed by atoms with E-state index in [1.165, 1.54) is 0 Å². The van der Waals surface area contributed by atoms with E-state index >= 15 is 0 Å². The molecule has 0 aliphatic carbocycles. The zero-order valence-corrected chi connectivity index (χ0v) is 13.9. The maximum atomic E-state index is 9.75. The Morgan fingerprint density at radius 2 is 2.04 bits per heavy atom. The molecule has 1 aliphatic heterocycles. The van der Waals surface area contributed by atoms with Crippen molar-refractivity contribution in [3.63, 3.8) is 0 Å². The number of nitrogens with zero attached hydrogens (tertiary/aromatic N) is 6. The van der Waals surface area contributed by atoms with Crippen LogP contribution < -0.4 is 4.90 Å². The fourth-order valence-corrected chi connectivity index (χ4v) is 2.95. The minimum Gasteiger partial charge on any atom is -0.391 e. The van der Waals surface area contributed by atoms with Gasteiger partial charge in [0.15, 0.2) is 0 Å². The van der Waals surface area contributed by atoms with Gasteiger partial charge in [-0.05, 0) is 31.5 Å². The number of aliphatic hydroxyl groups excluding tert-OH is 1. The predicted molar refractivity (Wildman–Crippen MR) is 93.9 cm³/mol. The normalized spacial score (nSPS) is 17.0. The van der Waals surface area contributed by atoms with Gasteiger partial charge in [0.05, 0.1) is 17.5 Å². The Kier molecular flexibility index (Phi) is 4.07. The lowest BCUT2D eigenvalue weighted by Crippen LogP contribution is -2.23. The lowest BCUT2D eigenvalue weighted by Gasteiger charge is -2.16. The van der Waals surface area contributed by atoms with Crippen molar-refractivity contribution in [3.05, 3.63) is 48.8 Å². The fourth-order valence-electron chi connectivity index (χ4n) is 2.95. The largest absolute Gasteiger partial charge is 0.391 e. The number of aliphatic hydroxyl groups is 1. The average Bonchev–Trinajstić information content (AvgIpc) is 3.09. The van der Waals surface area contributed by atoms with Crippen LogP contribution in [0.4, 0.5) is 5.95 Å². The molecule has 1 saturated heterocycles. The van der Waals surface area contributed by atoms with Gasteiger partial charge in [-0.15, -0.1) is 0 Å². The van der Waals surface area contributed by atoms with Crippen molar-refractivity contribution in [1.82, 2.24) is 24.9 Å². The number of anilines is 1. The van der Waals surface area contributed by atoms with Crippen molar-refractivity contribution in [2.45, 2.75) is 19.4 Å². The van der Waals surface area contributed by atoms with Gasteiger partial charge in [0.1, 0.15) is 5.82 Å². The first-order valence-corrected chi connectivity index (χ1v) is 8.21. The van der Waals surface area contributed by atoms with Gasteiger partial charge in [-0.3, -0.25) is 4.98 Å². The molecule has 7 nitrogen and oxygen atoms in total. The molecule has 7 heteroatoms. The second kappa shape index (κ2) is 6.52. The molecule has 1 fully saturated rings. The fraction of sp³-hybridized carbons (Fsp3) is 0.278. The number of aromatic nitrogens is 5. The number of pyridine rings is 1. The molecule has 1 atom stereocenters. The highest BCUT2D eigenvalue weighted by atomic mass is 16.3. The van der Waals surface area contributed by atoms with Crippen LogP contribution in [0.15, 0.2) is 43.0 Å². The standard InChI is InChI=1S/C18H18N6O/c1-12-21-10-15(17(22-12)13-3-2-6-19-9-13)16-4-7-20-18(23-16)24-8-5-14(25)11-24/h2-4,6-7,9-10,14,25H,5,8,11H2,1H3/t14-/m0/s1. The van der Waals surface area contributed by atoms with Crippen LogP contribution in [0.3, 0.4) is 0 Å². The van der Waals surface area contributed by atoms with Crippen molar-refractivity contribution in [2.24, 2.45) is 0 Å². The van der Waals surface area contributed by atoms with Gasteiger partial charge in [-0.2, -0.15) is 0 Å². The minimum atomic E-state index is -0.319. The molecular formula is C18H18N6O. The third kappa shape index (κ3) is 3.18. The molecule has 1 aliphatic rings. The summed E-state index contributed by atoms with van der Waals surface area (Å²) in [6, 6.07) is 5.70. The van der Waals surface area contributed by atoms with Crippen LogP contribution in [0.2, 0.25) is 0 Å². The third-order valence-corrected chi connectivity index (χ3v) is 4.21. The van der Waals surface area contributed by atoms with E-state index in [1.54, 1.807) is 24.8 Å². The highest BCUT2D eigenvalue weighted by Gasteiger charge is 2.23. The van der Waals surface area contributed by atoms with E-state index in [9.17, 15) is 5.11 Å². The lowest BCUT2D eigenvalue weighted by atomic mass is 10.1. The molecule has 0 saturated carbocycles. The van der Waals surface area contributed by atoms with Crippen LogP contribution in [0.1, 0.15) is 12.2 Å². The van der Waals surface area contributed by atoms with E-state index in [0.29, 0.717) is 18.3 Å². The smallest absolute Gasteiger partial charge is 0.225 e. The van der Waals surface area contributed by atoms with Gasteiger partial charge in [0.2, 0.25) is 5.95 Å². The summed E-state index contributed by atoms with van der Waals surface area (Å²) >= 11 is 0. The number of rotatable bonds is 3. The summed E-state index contributed by atoms with van der Waals surface area (Å²) in [5.41, 5.74) is 3.30. The molecule has 0 bridgehead atoms. The Hall–Kier alpha value is -2.93. The van der Waals surface area contributed by atoms with Gasteiger partial charge in [-0.1, -0.05) is 0 Å². The number of hydrogen-bond acceptors (Lipinski definition) is 7. The number of β-amino-alcohol motifs (C(OH)–C–C–N with tert-alkyl or cyclic N) is 1. The van der Waals surface area contributed by atoms with Gasteiger partial charge in [0, 0.05) is 49.0 Å². The monoisotopic (exact) mass is 334 g/mol. The maximum absolute atomic E-state index is 9.75. The van der Waals surface area contributed by atoms with Gasteiger partial charge >= 0.3 is 0 Å². The molecule has 25 heavy (non-hydrogen) atoms. The number of hydrogen-bond donors (Lipinski definition) is 1. The summed E-state index contributed by atoms with van der Waals surface area (Å²) in [6.45, 7) is 3.18. The van der Waals surface area contributed by atoms with Gasteiger partial charge in [0.25, 0.3) is 0 Å². The molecule has 3 aromatic heterocycles. The Morgan fingerprint density at radius 3 is 2.80 bits per heavy atom. The Balaban J connectivity index is 1.78. The Bertz CT molecular complexity index is 886. The Labute approximate surface area is 145 Å². The van der Waals surface area contributed by atoms with E-state index in [1.807, 2.05) is 30.0 Å². The molecule has 3 aromatic rings. The van der Waals surface area contributed by atoms with E-state index in [4.69, 9.17) is 0 Å². The van der Waals surface area contributed by atoms with Crippen molar-refractivity contribution in [2.75, 3.05) is 18.0 Å². The zero-order chi connectivity index (χ0) is 17.2. The molecule has 4 heterocycles. The first-order chi connectivity index (χ1) is 12.2. The first-order valence-electron chi connectivity index (χ1n) is 8.21. The highest BCUT2D eigenvalue weighted by Crippen LogP contribution is 2.29. The molecule has 0 aromatic carbocycles.